The molecule has 1 N–H and O–H groups in total. The molecule has 3 aromatic rings. The molecule has 1 atom stereocenters. The highest BCUT2D eigenvalue weighted by Gasteiger charge is 2.14. The predicted octanol–water partition coefficient (Wildman–Crippen LogP) is 6.46. The van der Waals surface area contributed by atoms with Crippen molar-refractivity contribution in [2.24, 2.45) is 0 Å². The van der Waals surface area contributed by atoms with E-state index in [0.717, 1.165) is 37.6 Å². The first-order valence-electron chi connectivity index (χ1n) is 10.1. The summed E-state index contributed by atoms with van der Waals surface area (Å²) in [6, 6.07) is 16.7. The SMILES string of the molecule is CCCC(CCCCC(=O)Nc1ccccc1F)c1ccnc2ccccc12. The number of fused-ring (bicyclic) bond motifs is 1. The molecule has 0 saturated carbocycles. The number of rotatable bonds is 9. The summed E-state index contributed by atoms with van der Waals surface area (Å²) < 4.78 is 13.6. The van der Waals surface area contributed by atoms with Crippen molar-refractivity contribution in [1.82, 2.24) is 4.98 Å². The maximum Gasteiger partial charge on any atom is 0.224 e. The van der Waals surface area contributed by atoms with E-state index in [9.17, 15) is 9.18 Å². The van der Waals surface area contributed by atoms with Crippen LogP contribution in [-0.4, -0.2) is 10.9 Å². The molecule has 3 nitrogen and oxygen atoms in total. The van der Waals surface area contributed by atoms with Crippen LogP contribution in [0.3, 0.4) is 0 Å². The topological polar surface area (TPSA) is 42.0 Å². The molecule has 146 valence electrons. The number of carbonyl (C=O) groups is 1. The Kier molecular flexibility index (Phi) is 7.12. The molecule has 1 aromatic heterocycles. The second-order valence-corrected chi connectivity index (χ2v) is 7.18. The summed E-state index contributed by atoms with van der Waals surface area (Å²) in [7, 11) is 0. The van der Waals surface area contributed by atoms with Crippen LogP contribution >= 0.6 is 0 Å². The lowest BCUT2D eigenvalue weighted by Crippen LogP contribution is -2.12. The van der Waals surface area contributed by atoms with Crippen molar-refractivity contribution in [1.29, 1.82) is 0 Å². The molecule has 0 bridgehead atoms. The number of benzene rings is 2. The van der Waals surface area contributed by atoms with Crippen molar-refractivity contribution in [2.75, 3.05) is 5.32 Å². The van der Waals surface area contributed by atoms with Crippen molar-refractivity contribution in [3.8, 4) is 0 Å². The third-order valence-corrected chi connectivity index (χ3v) is 5.11. The maximum atomic E-state index is 13.6. The van der Waals surface area contributed by atoms with E-state index in [1.165, 1.54) is 17.0 Å². The molecular formula is C24H27FN2O. The van der Waals surface area contributed by atoms with Crippen LogP contribution in [0.1, 0.15) is 56.9 Å². The zero-order chi connectivity index (χ0) is 19.8. The maximum absolute atomic E-state index is 13.6. The molecule has 0 saturated heterocycles. The molecule has 0 aliphatic rings. The molecule has 28 heavy (non-hydrogen) atoms. The number of aromatic nitrogens is 1. The Hall–Kier alpha value is -2.75. The number of anilines is 1. The minimum atomic E-state index is -0.400. The first-order valence-corrected chi connectivity index (χ1v) is 10.1. The Bertz CT molecular complexity index is 920. The van der Waals surface area contributed by atoms with Gasteiger partial charge in [0.1, 0.15) is 5.82 Å². The van der Waals surface area contributed by atoms with Gasteiger partial charge in [0.25, 0.3) is 0 Å². The molecule has 0 aliphatic carbocycles. The quantitative estimate of drug-likeness (QED) is 0.434. The van der Waals surface area contributed by atoms with E-state index in [4.69, 9.17) is 0 Å². The van der Waals surface area contributed by atoms with Gasteiger partial charge in [0.15, 0.2) is 0 Å². The lowest BCUT2D eigenvalue weighted by molar-refractivity contribution is -0.116. The number of nitrogens with one attached hydrogen (secondary N) is 1. The van der Waals surface area contributed by atoms with Crippen LogP contribution in [-0.2, 0) is 4.79 Å². The molecular weight excluding hydrogens is 351 g/mol. The molecule has 4 heteroatoms. The Morgan fingerprint density at radius 1 is 1.04 bits per heavy atom. The molecule has 0 fully saturated rings. The van der Waals surface area contributed by atoms with Crippen molar-refractivity contribution >= 4 is 22.5 Å². The second-order valence-electron chi connectivity index (χ2n) is 7.18. The molecule has 1 unspecified atom stereocenters. The van der Waals surface area contributed by atoms with E-state index in [0.29, 0.717) is 12.3 Å². The average molecular weight is 378 g/mol. The van der Waals surface area contributed by atoms with Crippen LogP contribution in [0, 0.1) is 5.82 Å². The van der Waals surface area contributed by atoms with E-state index in [1.807, 2.05) is 12.3 Å². The van der Waals surface area contributed by atoms with Crippen LogP contribution in [0.4, 0.5) is 10.1 Å². The van der Waals surface area contributed by atoms with Gasteiger partial charge >= 0.3 is 0 Å². The molecule has 2 aromatic carbocycles. The fourth-order valence-corrected chi connectivity index (χ4v) is 3.73. The standard InChI is InChI=1S/C24H27FN2O/c1-2-9-18(19-16-17-26-22-13-6-4-11-20(19)22)10-3-8-15-24(28)27-23-14-7-5-12-21(23)25/h4-7,11-14,16-18H,2-3,8-10,15H2,1H3,(H,27,28). The minimum Gasteiger partial charge on any atom is -0.324 e. The van der Waals surface area contributed by atoms with Gasteiger partial charge in [0, 0.05) is 18.0 Å². The normalized spacial score (nSPS) is 12.1. The number of carbonyl (C=O) groups excluding carboxylic acids is 1. The monoisotopic (exact) mass is 378 g/mol. The van der Waals surface area contributed by atoms with Gasteiger partial charge in [-0.2, -0.15) is 0 Å². The van der Waals surface area contributed by atoms with Crippen molar-refractivity contribution < 1.29 is 9.18 Å². The lowest BCUT2D eigenvalue weighted by Gasteiger charge is -2.18. The van der Waals surface area contributed by atoms with Gasteiger partial charge in [-0.3, -0.25) is 9.78 Å². The number of halogens is 1. The number of hydrogen-bond donors (Lipinski definition) is 1. The fraction of sp³-hybridized carbons (Fsp3) is 0.333. The third-order valence-electron chi connectivity index (χ3n) is 5.11. The van der Waals surface area contributed by atoms with Gasteiger partial charge in [-0.1, -0.05) is 50.1 Å². The highest BCUT2D eigenvalue weighted by atomic mass is 19.1. The van der Waals surface area contributed by atoms with Crippen LogP contribution in [0.2, 0.25) is 0 Å². The Labute approximate surface area is 166 Å². The van der Waals surface area contributed by atoms with Crippen LogP contribution < -0.4 is 5.32 Å². The van der Waals surface area contributed by atoms with Crippen LogP contribution in [0.15, 0.2) is 60.8 Å². The molecule has 0 radical (unpaired) electrons. The second kappa shape index (κ2) is 9.98. The molecule has 0 aliphatic heterocycles. The van der Waals surface area contributed by atoms with Gasteiger partial charge in [-0.25, -0.2) is 4.39 Å². The Morgan fingerprint density at radius 3 is 2.64 bits per heavy atom. The number of unbranched alkanes of at least 4 members (excludes halogenated alkanes) is 1. The van der Waals surface area contributed by atoms with Crippen molar-refractivity contribution in [3.63, 3.8) is 0 Å². The third kappa shape index (κ3) is 5.16. The van der Waals surface area contributed by atoms with Gasteiger partial charge in [0.05, 0.1) is 11.2 Å². The Balaban J connectivity index is 1.55. The summed E-state index contributed by atoms with van der Waals surface area (Å²) in [5.41, 5.74) is 2.63. The number of nitrogens with zero attached hydrogens (tertiary/aromatic N) is 1. The molecule has 0 spiro atoms. The molecule has 1 heterocycles. The smallest absolute Gasteiger partial charge is 0.224 e. The fourth-order valence-electron chi connectivity index (χ4n) is 3.73. The van der Waals surface area contributed by atoms with E-state index in [-0.39, 0.29) is 11.6 Å². The highest BCUT2D eigenvalue weighted by Crippen LogP contribution is 2.32. The van der Waals surface area contributed by atoms with Crippen molar-refractivity contribution in [2.45, 2.75) is 51.4 Å². The summed E-state index contributed by atoms with van der Waals surface area (Å²) in [4.78, 5) is 16.6. The van der Waals surface area contributed by atoms with E-state index in [2.05, 4.69) is 41.5 Å². The van der Waals surface area contributed by atoms with Gasteiger partial charge in [0.2, 0.25) is 5.91 Å². The summed E-state index contributed by atoms with van der Waals surface area (Å²) in [5, 5.41) is 3.88. The largest absolute Gasteiger partial charge is 0.324 e. The number of para-hydroxylation sites is 2. The first-order chi connectivity index (χ1) is 13.7. The first kappa shape index (κ1) is 20.0. The number of hydrogen-bond acceptors (Lipinski definition) is 2. The highest BCUT2D eigenvalue weighted by molar-refractivity contribution is 5.90. The summed E-state index contributed by atoms with van der Waals surface area (Å²) >= 11 is 0. The van der Waals surface area contributed by atoms with E-state index >= 15 is 0 Å². The summed E-state index contributed by atoms with van der Waals surface area (Å²) in [5.74, 6) is -0.0672. The van der Waals surface area contributed by atoms with Crippen molar-refractivity contribution in [3.05, 3.63) is 72.2 Å². The van der Waals surface area contributed by atoms with Gasteiger partial charge < -0.3 is 5.32 Å². The minimum absolute atomic E-state index is 0.133. The van der Waals surface area contributed by atoms with E-state index in [1.54, 1.807) is 18.2 Å². The molecule has 3 rings (SSSR count). The van der Waals surface area contributed by atoms with Crippen LogP contribution in [0.5, 0.6) is 0 Å². The number of amides is 1. The van der Waals surface area contributed by atoms with Gasteiger partial charge in [-0.05, 0) is 55.0 Å². The summed E-state index contributed by atoms with van der Waals surface area (Å²) in [6.45, 7) is 2.21. The zero-order valence-electron chi connectivity index (χ0n) is 16.3. The average Bonchev–Trinajstić information content (AvgIpc) is 2.72. The number of pyridine rings is 1. The zero-order valence-corrected chi connectivity index (χ0v) is 16.3. The lowest BCUT2D eigenvalue weighted by atomic mass is 9.87. The van der Waals surface area contributed by atoms with E-state index < -0.39 is 5.82 Å². The summed E-state index contributed by atoms with van der Waals surface area (Å²) in [6.07, 6.45) is 7.33. The van der Waals surface area contributed by atoms with Crippen LogP contribution in [0.25, 0.3) is 10.9 Å². The Morgan fingerprint density at radius 2 is 1.82 bits per heavy atom. The van der Waals surface area contributed by atoms with Gasteiger partial charge in [-0.15, -0.1) is 0 Å². The predicted molar refractivity (Wildman–Crippen MR) is 113 cm³/mol. The molecule has 1 amide bonds.